The summed E-state index contributed by atoms with van der Waals surface area (Å²) in [4.78, 5) is 30.0. The molecule has 0 aromatic heterocycles. The number of aliphatic carboxylic acids is 2. The fourth-order valence-corrected chi connectivity index (χ4v) is 1.61. The van der Waals surface area contributed by atoms with Crippen molar-refractivity contribution in [2.45, 2.75) is 19.8 Å². The first-order valence-corrected chi connectivity index (χ1v) is 4.62. The van der Waals surface area contributed by atoms with Crippen molar-refractivity contribution in [1.82, 2.24) is 0 Å². The largest absolute Gasteiger partial charge is 0.483 e. The fourth-order valence-electron chi connectivity index (χ4n) is 1.61. The van der Waals surface area contributed by atoms with Gasteiger partial charge in [0.2, 0.25) is 0 Å². The van der Waals surface area contributed by atoms with E-state index in [1.807, 2.05) is 0 Å². The van der Waals surface area contributed by atoms with E-state index in [-0.39, 0.29) is 6.47 Å². The standard InChI is InChI=1S/C9H12O4.CH2O2/c1-9(8(12)13)5-3-2-4-6(9)7(10)11;2-1-3/h3,5-6H,2,4H2,1H3,(H,10,11)(H,12,13);1H,(H,2,3). The quantitative estimate of drug-likeness (QED) is 0.478. The molecule has 1 aliphatic rings. The van der Waals surface area contributed by atoms with Gasteiger partial charge >= 0.3 is 11.9 Å². The van der Waals surface area contributed by atoms with Crippen LogP contribution in [0.3, 0.4) is 0 Å². The van der Waals surface area contributed by atoms with Crippen molar-refractivity contribution in [3.8, 4) is 0 Å². The Balaban J connectivity index is 0.000000673. The van der Waals surface area contributed by atoms with Crippen molar-refractivity contribution in [1.29, 1.82) is 0 Å². The molecule has 6 nitrogen and oxygen atoms in total. The molecule has 2 atom stereocenters. The Morgan fingerprint density at radius 2 is 1.94 bits per heavy atom. The van der Waals surface area contributed by atoms with Gasteiger partial charge in [-0.15, -0.1) is 0 Å². The number of allylic oxidation sites excluding steroid dienone is 1. The summed E-state index contributed by atoms with van der Waals surface area (Å²) in [6, 6.07) is 0. The highest BCUT2D eigenvalue weighted by molar-refractivity contribution is 5.85. The van der Waals surface area contributed by atoms with Gasteiger partial charge in [-0.2, -0.15) is 0 Å². The van der Waals surface area contributed by atoms with Gasteiger partial charge in [0.05, 0.1) is 11.3 Å². The van der Waals surface area contributed by atoms with Crippen LogP contribution in [0, 0.1) is 11.3 Å². The van der Waals surface area contributed by atoms with Gasteiger partial charge in [-0.05, 0) is 19.8 Å². The number of carboxylic acid groups (broad SMARTS) is 3. The molecule has 0 spiro atoms. The predicted octanol–water partition coefficient (Wildman–Crippen LogP) is 0.829. The summed E-state index contributed by atoms with van der Waals surface area (Å²) in [6.07, 6.45) is 4.25. The van der Waals surface area contributed by atoms with E-state index in [0.717, 1.165) is 0 Å². The molecule has 0 bridgehead atoms. The lowest BCUT2D eigenvalue weighted by Gasteiger charge is -2.30. The van der Waals surface area contributed by atoms with E-state index in [1.165, 1.54) is 13.0 Å². The minimum Gasteiger partial charge on any atom is -0.483 e. The van der Waals surface area contributed by atoms with Crippen LogP contribution in [-0.2, 0) is 14.4 Å². The average Bonchev–Trinajstić information content (AvgIpc) is 2.18. The van der Waals surface area contributed by atoms with Gasteiger partial charge < -0.3 is 15.3 Å². The summed E-state index contributed by atoms with van der Waals surface area (Å²) in [7, 11) is 0. The second kappa shape index (κ2) is 5.89. The second-order valence-electron chi connectivity index (χ2n) is 3.56. The van der Waals surface area contributed by atoms with Crippen LogP contribution in [0.1, 0.15) is 19.8 Å². The molecule has 0 fully saturated rings. The first kappa shape index (κ1) is 14.2. The van der Waals surface area contributed by atoms with Crippen molar-refractivity contribution >= 4 is 18.4 Å². The molecule has 90 valence electrons. The molecule has 2 unspecified atom stereocenters. The Kier molecular flexibility index (Phi) is 5.21. The molecule has 0 saturated heterocycles. The Bertz CT molecular complexity index is 308. The maximum Gasteiger partial charge on any atom is 0.314 e. The van der Waals surface area contributed by atoms with Crippen LogP contribution in [0.15, 0.2) is 12.2 Å². The normalized spacial score (nSPS) is 27.4. The molecule has 0 saturated carbocycles. The maximum atomic E-state index is 10.9. The van der Waals surface area contributed by atoms with Gasteiger partial charge in [0.1, 0.15) is 0 Å². The van der Waals surface area contributed by atoms with E-state index in [2.05, 4.69) is 0 Å². The highest BCUT2D eigenvalue weighted by atomic mass is 16.4. The molecule has 1 aliphatic carbocycles. The Morgan fingerprint density at radius 3 is 2.25 bits per heavy atom. The summed E-state index contributed by atoms with van der Waals surface area (Å²) in [6.45, 7) is 1.20. The van der Waals surface area contributed by atoms with Gasteiger partial charge in [-0.25, -0.2) is 0 Å². The second-order valence-corrected chi connectivity index (χ2v) is 3.56. The third-order valence-corrected chi connectivity index (χ3v) is 2.57. The summed E-state index contributed by atoms with van der Waals surface area (Å²) < 4.78 is 0. The van der Waals surface area contributed by atoms with E-state index < -0.39 is 23.3 Å². The van der Waals surface area contributed by atoms with E-state index in [1.54, 1.807) is 6.08 Å². The minimum absolute atomic E-state index is 0.250. The molecule has 0 radical (unpaired) electrons. The van der Waals surface area contributed by atoms with Crippen molar-refractivity contribution < 1.29 is 29.7 Å². The zero-order valence-corrected chi connectivity index (χ0v) is 8.79. The zero-order valence-electron chi connectivity index (χ0n) is 8.79. The molecular weight excluding hydrogens is 216 g/mol. The first-order chi connectivity index (χ1) is 7.40. The van der Waals surface area contributed by atoms with Gasteiger partial charge in [-0.1, -0.05) is 12.2 Å². The molecule has 0 heterocycles. The van der Waals surface area contributed by atoms with E-state index in [9.17, 15) is 9.59 Å². The lowest BCUT2D eigenvalue weighted by Crippen LogP contribution is -2.40. The SMILES string of the molecule is CC1(C(=O)O)C=CCCC1C(=O)O.O=CO. The van der Waals surface area contributed by atoms with E-state index >= 15 is 0 Å². The molecule has 0 aromatic carbocycles. The number of carbonyl (C=O) groups is 3. The van der Waals surface area contributed by atoms with Gasteiger partial charge in [-0.3, -0.25) is 14.4 Å². The number of hydrogen-bond donors (Lipinski definition) is 3. The van der Waals surface area contributed by atoms with Crippen LogP contribution in [0.25, 0.3) is 0 Å². The minimum atomic E-state index is -1.25. The molecule has 6 heteroatoms. The van der Waals surface area contributed by atoms with Crippen LogP contribution in [0.4, 0.5) is 0 Å². The molecule has 0 amide bonds. The number of carboxylic acids is 2. The summed E-state index contributed by atoms with van der Waals surface area (Å²) in [5.74, 6) is -2.92. The molecule has 0 aromatic rings. The van der Waals surface area contributed by atoms with Crippen molar-refractivity contribution in [2.24, 2.45) is 11.3 Å². The van der Waals surface area contributed by atoms with Crippen LogP contribution < -0.4 is 0 Å². The van der Waals surface area contributed by atoms with E-state index in [0.29, 0.717) is 12.8 Å². The topological polar surface area (TPSA) is 112 Å². The Morgan fingerprint density at radius 1 is 1.44 bits per heavy atom. The predicted molar refractivity (Wildman–Crippen MR) is 53.9 cm³/mol. The smallest absolute Gasteiger partial charge is 0.314 e. The third-order valence-electron chi connectivity index (χ3n) is 2.57. The molecule has 1 rings (SSSR count). The van der Waals surface area contributed by atoms with Gasteiger partial charge in [0, 0.05) is 0 Å². The van der Waals surface area contributed by atoms with Crippen molar-refractivity contribution in [3.05, 3.63) is 12.2 Å². The van der Waals surface area contributed by atoms with Crippen LogP contribution >= 0.6 is 0 Å². The summed E-state index contributed by atoms with van der Waals surface area (Å²) in [5, 5.41) is 24.6. The first-order valence-electron chi connectivity index (χ1n) is 4.62. The summed E-state index contributed by atoms with van der Waals surface area (Å²) >= 11 is 0. The lowest BCUT2D eigenvalue weighted by atomic mass is 9.71. The Hall–Kier alpha value is -1.85. The van der Waals surface area contributed by atoms with Crippen molar-refractivity contribution in [3.63, 3.8) is 0 Å². The monoisotopic (exact) mass is 230 g/mol. The average molecular weight is 230 g/mol. The number of hydrogen-bond acceptors (Lipinski definition) is 3. The van der Waals surface area contributed by atoms with E-state index in [4.69, 9.17) is 20.1 Å². The van der Waals surface area contributed by atoms with Gasteiger partial charge in [0.25, 0.3) is 6.47 Å². The zero-order chi connectivity index (χ0) is 12.8. The van der Waals surface area contributed by atoms with Gasteiger partial charge in [0.15, 0.2) is 0 Å². The highest BCUT2D eigenvalue weighted by Gasteiger charge is 2.44. The van der Waals surface area contributed by atoms with Crippen LogP contribution in [-0.4, -0.2) is 33.7 Å². The molecule has 0 aliphatic heterocycles. The molecule has 16 heavy (non-hydrogen) atoms. The Labute approximate surface area is 92.2 Å². The maximum absolute atomic E-state index is 10.9. The van der Waals surface area contributed by atoms with Crippen LogP contribution in [0.2, 0.25) is 0 Å². The fraction of sp³-hybridized carbons (Fsp3) is 0.500. The summed E-state index contributed by atoms with van der Waals surface area (Å²) in [5.41, 5.74) is -1.25. The highest BCUT2D eigenvalue weighted by Crippen LogP contribution is 2.36. The molecular formula is C10H14O6. The van der Waals surface area contributed by atoms with Crippen molar-refractivity contribution in [2.75, 3.05) is 0 Å². The number of rotatable bonds is 2. The van der Waals surface area contributed by atoms with Crippen LogP contribution in [0.5, 0.6) is 0 Å². The molecule has 3 N–H and O–H groups in total. The third kappa shape index (κ3) is 3.08. The lowest BCUT2D eigenvalue weighted by molar-refractivity contribution is -0.158.